The van der Waals surface area contributed by atoms with Crippen molar-refractivity contribution in [1.82, 2.24) is 0 Å². The van der Waals surface area contributed by atoms with Crippen LogP contribution in [0.15, 0.2) is 12.1 Å². The van der Waals surface area contributed by atoms with E-state index >= 15 is 0 Å². The van der Waals surface area contributed by atoms with E-state index < -0.39 is 0 Å². The number of hydrogen-bond acceptors (Lipinski definition) is 3. The second-order valence-electron chi connectivity index (χ2n) is 5.17. The van der Waals surface area contributed by atoms with Gasteiger partial charge in [-0.25, -0.2) is 4.39 Å². The molecule has 0 N–H and O–H groups in total. The maximum Gasteiger partial charge on any atom is 0.179 e. The highest BCUT2D eigenvalue weighted by Gasteiger charge is 2.32. The summed E-state index contributed by atoms with van der Waals surface area (Å²) >= 11 is 3.49. The molecule has 0 amide bonds. The fourth-order valence-electron chi connectivity index (χ4n) is 2.31. The Hall–Kier alpha value is -0.480. The van der Waals surface area contributed by atoms with Gasteiger partial charge in [-0.1, -0.05) is 19.9 Å². The molecule has 0 bridgehead atoms. The van der Waals surface area contributed by atoms with Gasteiger partial charge in [0.25, 0.3) is 0 Å². The van der Waals surface area contributed by atoms with E-state index in [9.17, 15) is 9.18 Å². The zero-order valence-electron chi connectivity index (χ0n) is 11.7. The molecule has 3 unspecified atom stereocenters. The Morgan fingerprint density at radius 1 is 1.26 bits per heavy atom. The summed E-state index contributed by atoms with van der Waals surface area (Å²) in [7, 11) is 0. The van der Waals surface area contributed by atoms with E-state index in [0.717, 1.165) is 16.9 Å². The third-order valence-corrected chi connectivity index (χ3v) is 6.91. The van der Waals surface area contributed by atoms with Crippen LogP contribution in [0.5, 0.6) is 0 Å². The van der Waals surface area contributed by atoms with Gasteiger partial charge in [-0.2, -0.15) is 11.8 Å². The number of carbonyl (C=O) groups excluding carboxylic acids is 1. The molecule has 1 aromatic carbocycles. The highest BCUT2D eigenvalue weighted by molar-refractivity contribution is 8.08. The topological polar surface area (TPSA) is 17.1 Å². The van der Waals surface area contributed by atoms with Crippen molar-refractivity contribution < 1.29 is 9.18 Å². The lowest BCUT2D eigenvalue weighted by Crippen LogP contribution is -2.32. The number of carbonyl (C=O) groups is 1. The molecule has 0 aliphatic carbocycles. The summed E-state index contributed by atoms with van der Waals surface area (Å²) in [5.41, 5.74) is 1.89. The lowest BCUT2D eigenvalue weighted by Gasteiger charge is -2.30. The van der Waals surface area contributed by atoms with E-state index in [1.807, 2.05) is 31.7 Å². The summed E-state index contributed by atoms with van der Waals surface area (Å²) in [6, 6.07) is 3.33. The Bertz CT molecular complexity index is 478. The number of hydrogen-bond donors (Lipinski definition) is 0. The predicted molar refractivity (Wildman–Crippen MR) is 83.0 cm³/mol. The molecule has 1 aromatic rings. The van der Waals surface area contributed by atoms with Crippen molar-refractivity contribution in [3.8, 4) is 0 Å². The molecule has 3 atom stereocenters. The van der Waals surface area contributed by atoms with Gasteiger partial charge in [0, 0.05) is 16.3 Å². The summed E-state index contributed by atoms with van der Waals surface area (Å²) in [6.07, 6.45) is 0. The third-order valence-electron chi connectivity index (χ3n) is 3.52. The first kappa shape index (κ1) is 14.9. The van der Waals surface area contributed by atoms with Gasteiger partial charge in [-0.05, 0) is 31.0 Å². The van der Waals surface area contributed by atoms with Crippen LogP contribution in [-0.2, 0) is 0 Å². The van der Waals surface area contributed by atoms with Gasteiger partial charge in [0.1, 0.15) is 5.82 Å². The van der Waals surface area contributed by atoms with Crippen LogP contribution >= 0.6 is 23.5 Å². The Morgan fingerprint density at radius 2 is 1.95 bits per heavy atom. The van der Waals surface area contributed by atoms with Crippen molar-refractivity contribution in [3.05, 3.63) is 34.6 Å². The van der Waals surface area contributed by atoms with E-state index in [2.05, 4.69) is 13.8 Å². The van der Waals surface area contributed by atoms with Gasteiger partial charge in [-0.15, -0.1) is 11.8 Å². The zero-order valence-corrected chi connectivity index (χ0v) is 13.3. The van der Waals surface area contributed by atoms with Crippen LogP contribution in [0.2, 0.25) is 0 Å². The largest absolute Gasteiger partial charge is 0.293 e. The van der Waals surface area contributed by atoms with E-state index in [1.165, 1.54) is 6.07 Å². The van der Waals surface area contributed by atoms with Gasteiger partial charge in [0.2, 0.25) is 0 Å². The number of thioether (sulfide) groups is 2. The molecule has 104 valence electrons. The number of Topliss-reactive ketones (excluding diaryl/α,β-unsaturated/α-hetero) is 1. The molecule has 2 rings (SSSR count). The van der Waals surface area contributed by atoms with Crippen LogP contribution in [0, 0.1) is 19.7 Å². The fourth-order valence-corrected chi connectivity index (χ4v) is 5.17. The van der Waals surface area contributed by atoms with Crippen LogP contribution in [-0.4, -0.2) is 27.3 Å². The predicted octanol–water partition coefficient (Wildman–Crippen LogP) is 4.25. The van der Waals surface area contributed by atoms with E-state index in [0.29, 0.717) is 10.5 Å². The second kappa shape index (κ2) is 5.88. The number of rotatable bonds is 2. The summed E-state index contributed by atoms with van der Waals surface area (Å²) < 4.78 is 14.1. The minimum Gasteiger partial charge on any atom is -0.293 e. The van der Waals surface area contributed by atoms with Gasteiger partial charge in [0.15, 0.2) is 5.78 Å². The van der Waals surface area contributed by atoms with Crippen molar-refractivity contribution in [1.29, 1.82) is 0 Å². The van der Waals surface area contributed by atoms with Crippen LogP contribution in [0.25, 0.3) is 0 Å². The Kier molecular flexibility index (Phi) is 4.62. The van der Waals surface area contributed by atoms with Crippen molar-refractivity contribution in [2.75, 3.05) is 5.75 Å². The first-order chi connectivity index (χ1) is 8.90. The first-order valence-corrected chi connectivity index (χ1v) is 8.47. The number of aryl methyl sites for hydroxylation is 2. The quantitative estimate of drug-likeness (QED) is 0.760. The average Bonchev–Trinajstić information content (AvgIpc) is 2.31. The van der Waals surface area contributed by atoms with Crippen LogP contribution in [0.3, 0.4) is 0 Å². The SMILES string of the molecule is Cc1cc(C)c(C(=O)C2CSC(C)C(C)S2)c(F)c1. The minimum absolute atomic E-state index is 0.0498. The molecule has 4 heteroatoms. The van der Waals surface area contributed by atoms with Crippen molar-refractivity contribution in [2.24, 2.45) is 0 Å². The normalized spacial score (nSPS) is 27.3. The lowest BCUT2D eigenvalue weighted by atomic mass is 10.00. The Labute approximate surface area is 122 Å². The molecule has 1 saturated heterocycles. The van der Waals surface area contributed by atoms with E-state index in [-0.39, 0.29) is 22.4 Å². The molecular formula is C15H19FOS2. The maximum atomic E-state index is 14.1. The number of benzene rings is 1. The van der Waals surface area contributed by atoms with E-state index in [4.69, 9.17) is 0 Å². The minimum atomic E-state index is -0.376. The Balaban J connectivity index is 2.25. The Morgan fingerprint density at radius 3 is 2.53 bits per heavy atom. The molecule has 1 aliphatic heterocycles. The molecule has 0 saturated carbocycles. The monoisotopic (exact) mass is 298 g/mol. The van der Waals surface area contributed by atoms with Gasteiger partial charge in [0.05, 0.1) is 10.8 Å². The fraction of sp³-hybridized carbons (Fsp3) is 0.533. The summed E-state index contributed by atoms with van der Waals surface area (Å²) in [4.78, 5) is 12.5. The molecule has 19 heavy (non-hydrogen) atoms. The first-order valence-electron chi connectivity index (χ1n) is 6.48. The summed E-state index contributed by atoms with van der Waals surface area (Å²) in [6.45, 7) is 7.98. The highest BCUT2D eigenvalue weighted by atomic mass is 32.2. The van der Waals surface area contributed by atoms with Gasteiger partial charge < -0.3 is 0 Å². The van der Waals surface area contributed by atoms with Crippen LogP contribution < -0.4 is 0 Å². The molecule has 1 nitrogen and oxygen atoms in total. The summed E-state index contributed by atoms with van der Waals surface area (Å²) in [5, 5.41) is 0.867. The maximum absolute atomic E-state index is 14.1. The van der Waals surface area contributed by atoms with Gasteiger partial charge in [-0.3, -0.25) is 4.79 Å². The number of ketones is 1. The van der Waals surface area contributed by atoms with Crippen molar-refractivity contribution in [2.45, 2.75) is 43.4 Å². The van der Waals surface area contributed by atoms with Crippen molar-refractivity contribution in [3.63, 3.8) is 0 Å². The molecule has 0 aromatic heterocycles. The standard InChI is InChI=1S/C15H19FOS2/c1-8-5-9(2)14(12(16)6-8)15(17)13-7-18-10(3)11(4)19-13/h5-6,10-11,13H,7H2,1-4H3. The smallest absolute Gasteiger partial charge is 0.179 e. The summed E-state index contributed by atoms with van der Waals surface area (Å²) in [5.74, 6) is 0.354. The van der Waals surface area contributed by atoms with E-state index in [1.54, 1.807) is 11.8 Å². The third kappa shape index (κ3) is 3.16. The molecule has 1 heterocycles. The zero-order chi connectivity index (χ0) is 14.2. The molecular weight excluding hydrogens is 279 g/mol. The lowest BCUT2D eigenvalue weighted by molar-refractivity contribution is 0.0990. The molecule has 0 radical (unpaired) electrons. The van der Waals surface area contributed by atoms with Crippen LogP contribution in [0.4, 0.5) is 4.39 Å². The van der Waals surface area contributed by atoms with Crippen LogP contribution in [0.1, 0.15) is 35.3 Å². The molecule has 1 aliphatic rings. The van der Waals surface area contributed by atoms with Gasteiger partial charge >= 0.3 is 0 Å². The van der Waals surface area contributed by atoms with Crippen molar-refractivity contribution >= 4 is 29.3 Å². The molecule has 1 fully saturated rings. The average molecular weight is 298 g/mol. The number of halogens is 1. The molecule has 0 spiro atoms. The second-order valence-corrected chi connectivity index (χ2v) is 8.17. The highest BCUT2D eigenvalue weighted by Crippen LogP contribution is 2.37.